The minimum atomic E-state index is 0. The molecule has 0 aliphatic carbocycles. The number of hydrogen-bond donors (Lipinski definition) is 0. The molecule has 1 rings (SSSR count). The van der Waals surface area contributed by atoms with E-state index in [0.29, 0.717) is 0 Å². The minimum Gasteiger partial charge on any atom is 0 e. The fourth-order valence-electron chi connectivity index (χ4n) is 0.794. The van der Waals surface area contributed by atoms with Gasteiger partial charge in [-0.1, -0.05) is 30.3 Å². The molecule has 7 heteroatoms. The Hall–Kier alpha value is -1.59. The number of benzene rings is 1. The van der Waals surface area contributed by atoms with Crippen LogP contribution in [0.4, 0.5) is 0 Å². The van der Waals surface area contributed by atoms with Gasteiger partial charge in [-0.2, -0.15) is 0 Å². The van der Waals surface area contributed by atoms with Gasteiger partial charge >= 0.3 is 56.5 Å². The molecule has 1 aromatic carbocycles. The van der Waals surface area contributed by atoms with E-state index >= 15 is 0 Å². The quantitative estimate of drug-likeness (QED) is 0.614. The number of rotatable bonds is 3. The summed E-state index contributed by atoms with van der Waals surface area (Å²) in [5, 5.41) is 0. The molecule has 0 aromatic heterocycles. The summed E-state index contributed by atoms with van der Waals surface area (Å²) in [5.41, 5.74) is 1.24. The first-order chi connectivity index (χ1) is 9.93. The molecule has 0 amide bonds. The molecule has 110 valence electrons. The molecule has 0 aliphatic heterocycles. The molecule has 0 fully saturated rings. The second kappa shape index (κ2) is 63.0. The Labute approximate surface area is 135 Å². The van der Waals surface area contributed by atoms with Gasteiger partial charge in [0.2, 0.25) is 0 Å². The topological polar surface area (TPSA) is 109 Å². The van der Waals surface area contributed by atoms with Crippen LogP contribution in [0.5, 0.6) is 0 Å². The van der Waals surface area contributed by atoms with E-state index in [1.807, 2.05) is 25.1 Å². The summed E-state index contributed by atoms with van der Waals surface area (Å²) in [6.45, 7) is 26.0. The molecule has 1 aromatic rings. The second-order valence-electron chi connectivity index (χ2n) is 2.12. The van der Waals surface area contributed by atoms with Gasteiger partial charge in [0.05, 0.1) is 6.61 Å². The van der Waals surface area contributed by atoms with Crippen molar-refractivity contribution in [2.45, 2.75) is 13.5 Å². The van der Waals surface area contributed by atoms with Crippen LogP contribution in [0.1, 0.15) is 12.5 Å². The summed E-state index contributed by atoms with van der Waals surface area (Å²) in [5.74, 6) is 0. The van der Waals surface area contributed by atoms with Crippen molar-refractivity contribution in [2.24, 2.45) is 0 Å². The normalized spacial score (nSPS) is 5.10. The van der Waals surface area contributed by atoms with Crippen LogP contribution in [-0.4, -0.2) is 6.61 Å². The molecule has 0 atom stereocenters. The van der Waals surface area contributed by atoms with Gasteiger partial charge < -0.3 is 4.74 Å². The summed E-state index contributed by atoms with van der Waals surface area (Å²) in [6.07, 6.45) is 0. The Bertz CT molecular complexity index is 318. The van der Waals surface area contributed by atoms with Gasteiger partial charge in [-0.05, 0) is 12.5 Å². The Morgan fingerprint density at radius 3 is 1.38 bits per heavy atom. The van der Waals surface area contributed by atoms with Crippen LogP contribution in [-0.2, 0) is 52.0 Å². The van der Waals surface area contributed by atoms with E-state index in [0.717, 1.165) is 13.2 Å². The molecule has 0 saturated carbocycles. The van der Waals surface area contributed by atoms with Crippen LogP contribution < -0.4 is 0 Å². The largest absolute Gasteiger partial charge is 0 e. The molecule has 0 heterocycles. The maximum atomic E-state index is 7.50. The average Bonchev–Trinajstić information content (AvgIpc) is 2.63. The van der Waals surface area contributed by atoms with E-state index < -0.39 is 0 Å². The van der Waals surface area contributed by atoms with Crippen molar-refractivity contribution in [3.05, 3.63) is 69.1 Å². The Morgan fingerprint density at radius 1 is 0.762 bits per heavy atom. The Morgan fingerprint density at radius 2 is 1.10 bits per heavy atom. The molecular formula is C14H12CrO6. The molecule has 0 spiro atoms. The standard InChI is InChI=1S/C9H12O.5CO.Cr/c1-2-10-8-9-6-4-3-5-7-9;5*1-2;/h3-7H,2,8H2,1H3;;;;;;. The molecule has 0 saturated heterocycles. The first-order valence-electron chi connectivity index (χ1n) is 4.57. The van der Waals surface area contributed by atoms with Crippen LogP contribution in [0.3, 0.4) is 0 Å². The average molecular weight is 328 g/mol. The molecule has 0 radical (unpaired) electrons. The third-order valence-corrected chi connectivity index (χ3v) is 1.32. The van der Waals surface area contributed by atoms with Gasteiger partial charge in [-0.25, -0.2) is 0 Å². The van der Waals surface area contributed by atoms with Crippen molar-refractivity contribution >= 4 is 0 Å². The monoisotopic (exact) mass is 328 g/mol. The van der Waals surface area contributed by atoms with E-state index in [4.69, 9.17) is 28.0 Å². The van der Waals surface area contributed by atoms with Gasteiger partial charge in [-0.15, -0.1) is 0 Å². The first-order valence-corrected chi connectivity index (χ1v) is 4.57. The predicted octanol–water partition coefficient (Wildman–Crippen LogP) is 2.03. The van der Waals surface area contributed by atoms with Gasteiger partial charge in [-0.3, -0.25) is 0 Å². The molecule has 0 bridgehead atoms. The molecular weight excluding hydrogens is 316 g/mol. The van der Waals surface area contributed by atoms with Gasteiger partial charge in [0.1, 0.15) is 0 Å². The van der Waals surface area contributed by atoms with Crippen molar-refractivity contribution in [3.63, 3.8) is 0 Å². The zero-order valence-corrected chi connectivity index (χ0v) is 12.4. The Kier molecular flexibility index (Phi) is 110. The fraction of sp³-hybridized carbons (Fsp3) is 0.214. The molecule has 6 nitrogen and oxygen atoms in total. The van der Waals surface area contributed by atoms with Gasteiger partial charge in [0.15, 0.2) is 0 Å². The van der Waals surface area contributed by atoms with Crippen molar-refractivity contribution in [2.75, 3.05) is 6.61 Å². The first kappa shape index (κ1) is 36.6. The number of hydrogen-bond acceptors (Lipinski definition) is 1. The van der Waals surface area contributed by atoms with E-state index in [1.54, 1.807) is 0 Å². The Balaban J connectivity index is -0.0000000440. The SMILES string of the molecule is CCOCc1ccccc1.[C-]#[O+].[C-]#[O+].[C-]#[O+].[C-]#[O+].[C-]#[O+].[Cr]. The van der Waals surface area contributed by atoms with Crippen LogP contribution >= 0.6 is 0 Å². The van der Waals surface area contributed by atoms with Crippen molar-refractivity contribution < 1.29 is 45.4 Å². The zero-order valence-electron chi connectivity index (χ0n) is 11.2. The molecule has 21 heavy (non-hydrogen) atoms. The third-order valence-electron chi connectivity index (χ3n) is 1.32. The van der Waals surface area contributed by atoms with Crippen LogP contribution in [0.25, 0.3) is 0 Å². The van der Waals surface area contributed by atoms with E-state index in [2.05, 4.69) is 45.4 Å². The van der Waals surface area contributed by atoms with Crippen LogP contribution in [0.2, 0.25) is 0 Å². The maximum Gasteiger partial charge on any atom is 0 e. The van der Waals surface area contributed by atoms with E-state index in [-0.39, 0.29) is 17.4 Å². The smallest absolute Gasteiger partial charge is 0 e. The number of ether oxygens (including phenoxy) is 1. The summed E-state index contributed by atoms with van der Waals surface area (Å²) in [4.78, 5) is 0. The molecule has 0 N–H and O–H groups in total. The molecule has 0 unspecified atom stereocenters. The third kappa shape index (κ3) is 45.7. The summed E-state index contributed by atoms with van der Waals surface area (Å²) in [6, 6.07) is 10.2. The summed E-state index contributed by atoms with van der Waals surface area (Å²) < 4.78 is 42.7. The molecule has 0 aliphatic rings. The van der Waals surface area contributed by atoms with E-state index in [9.17, 15) is 0 Å². The predicted molar refractivity (Wildman–Crippen MR) is 61.4 cm³/mol. The second-order valence-corrected chi connectivity index (χ2v) is 2.12. The fourth-order valence-corrected chi connectivity index (χ4v) is 0.794. The minimum absolute atomic E-state index is 0. The van der Waals surface area contributed by atoms with Crippen molar-refractivity contribution in [1.82, 2.24) is 0 Å². The van der Waals surface area contributed by atoms with Gasteiger partial charge in [0.25, 0.3) is 0 Å². The van der Waals surface area contributed by atoms with E-state index in [1.165, 1.54) is 5.56 Å². The zero-order chi connectivity index (χ0) is 17.2. The summed E-state index contributed by atoms with van der Waals surface area (Å²) >= 11 is 0. The summed E-state index contributed by atoms with van der Waals surface area (Å²) in [7, 11) is 0. The van der Waals surface area contributed by atoms with Gasteiger partial charge in [0, 0.05) is 24.0 Å². The van der Waals surface area contributed by atoms with Crippen molar-refractivity contribution in [1.29, 1.82) is 0 Å². The van der Waals surface area contributed by atoms with Crippen molar-refractivity contribution in [3.8, 4) is 0 Å². The van der Waals surface area contributed by atoms with Crippen LogP contribution in [0.15, 0.2) is 30.3 Å². The van der Waals surface area contributed by atoms with Crippen LogP contribution in [0, 0.1) is 33.3 Å². The maximum absolute atomic E-state index is 7.50.